The summed E-state index contributed by atoms with van der Waals surface area (Å²) in [6.45, 7) is 4.72. The van der Waals surface area contributed by atoms with Crippen LogP contribution in [0.5, 0.6) is 0 Å². The van der Waals surface area contributed by atoms with Crippen LogP contribution in [0.1, 0.15) is 57.2 Å². The highest BCUT2D eigenvalue weighted by molar-refractivity contribution is 5.88. The van der Waals surface area contributed by atoms with Gasteiger partial charge < -0.3 is 19.6 Å². The molecule has 1 saturated heterocycles. The second-order valence-corrected chi connectivity index (χ2v) is 6.96. The van der Waals surface area contributed by atoms with E-state index in [0.717, 1.165) is 0 Å². The van der Waals surface area contributed by atoms with Gasteiger partial charge in [-0.3, -0.25) is 4.79 Å². The van der Waals surface area contributed by atoms with E-state index in [-0.39, 0.29) is 24.8 Å². The lowest BCUT2D eigenvalue weighted by Crippen LogP contribution is -2.54. The molecule has 1 atom stereocenters. The molecule has 1 saturated carbocycles. The number of aromatic nitrogens is 2. The van der Waals surface area contributed by atoms with Crippen LogP contribution in [-0.4, -0.2) is 55.5 Å². The van der Waals surface area contributed by atoms with Crippen LogP contribution in [0.2, 0.25) is 0 Å². The third-order valence-corrected chi connectivity index (χ3v) is 4.44. The molecule has 2 heterocycles. The summed E-state index contributed by atoms with van der Waals surface area (Å²) in [6.07, 6.45) is 2.54. The Balaban J connectivity index is 1.67. The minimum atomic E-state index is -1.19. The number of β-amino-alcohol motifs (C(OH)–C–C–N with tert-alkyl or cyclic N) is 1. The van der Waals surface area contributed by atoms with E-state index in [2.05, 4.69) is 10.1 Å². The summed E-state index contributed by atoms with van der Waals surface area (Å²) in [4.78, 5) is 18.1. The molecule has 1 aliphatic heterocycles. The molecule has 1 aromatic heterocycles. The van der Waals surface area contributed by atoms with Gasteiger partial charge in [-0.2, -0.15) is 4.98 Å². The molecule has 2 fully saturated rings. The molecule has 1 aromatic rings. The van der Waals surface area contributed by atoms with Crippen LogP contribution in [0.3, 0.4) is 0 Å². The van der Waals surface area contributed by atoms with Gasteiger partial charge in [0.2, 0.25) is 5.89 Å². The first-order valence-corrected chi connectivity index (χ1v) is 7.88. The zero-order chi connectivity index (χ0) is 16.0. The first-order chi connectivity index (χ1) is 10.3. The van der Waals surface area contributed by atoms with Crippen molar-refractivity contribution in [1.82, 2.24) is 15.0 Å². The maximum Gasteiger partial charge on any atom is 0.254 e. The average Bonchev–Trinajstić information content (AvgIpc) is 3.03. The van der Waals surface area contributed by atoms with Gasteiger partial charge in [-0.05, 0) is 25.7 Å². The number of nitrogens with zero attached hydrogens (tertiary/aromatic N) is 3. The van der Waals surface area contributed by atoms with E-state index < -0.39 is 11.2 Å². The number of carbonyl (C=O) groups is 1. The second-order valence-electron chi connectivity index (χ2n) is 6.96. The van der Waals surface area contributed by atoms with Gasteiger partial charge in [-0.15, -0.1) is 0 Å². The molecular formula is C15H23N3O4. The molecule has 1 amide bonds. The van der Waals surface area contributed by atoms with Gasteiger partial charge >= 0.3 is 0 Å². The van der Waals surface area contributed by atoms with Crippen molar-refractivity contribution in [2.75, 3.05) is 13.1 Å². The van der Waals surface area contributed by atoms with Crippen LogP contribution in [0.15, 0.2) is 4.52 Å². The first-order valence-electron chi connectivity index (χ1n) is 7.88. The Kier molecular flexibility index (Phi) is 3.72. The Hall–Kier alpha value is -1.47. The number of piperidine rings is 1. The molecule has 1 aliphatic carbocycles. The van der Waals surface area contributed by atoms with Crippen molar-refractivity contribution in [2.45, 2.75) is 63.1 Å². The number of amides is 1. The predicted octanol–water partition coefficient (Wildman–Crippen LogP) is 0.614. The minimum Gasteiger partial charge on any atom is -0.388 e. The Morgan fingerprint density at radius 2 is 2.09 bits per heavy atom. The van der Waals surface area contributed by atoms with Gasteiger partial charge in [0.15, 0.2) is 5.82 Å². The number of hydrogen-bond donors (Lipinski definition) is 2. The monoisotopic (exact) mass is 309 g/mol. The van der Waals surface area contributed by atoms with Gasteiger partial charge in [0.25, 0.3) is 5.91 Å². The topological polar surface area (TPSA) is 99.7 Å². The number of hydrogen-bond acceptors (Lipinski definition) is 6. The largest absolute Gasteiger partial charge is 0.388 e. The molecular weight excluding hydrogens is 286 g/mol. The zero-order valence-electron chi connectivity index (χ0n) is 13.1. The Morgan fingerprint density at radius 3 is 2.68 bits per heavy atom. The van der Waals surface area contributed by atoms with E-state index in [4.69, 9.17) is 4.52 Å². The molecule has 2 N–H and O–H groups in total. The summed E-state index contributed by atoms with van der Waals surface area (Å²) in [5.41, 5.74) is -2.26. The van der Waals surface area contributed by atoms with E-state index in [1.807, 2.05) is 13.8 Å². The van der Waals surface area contributed by atoms with Crippen LogP contribution in [-0.2, 0) is 11.2 Å². The lowest BCUT2D eigenvalue weighted by molar-refractivity contribution is -0.149. The fourth-order valence-corrected chi connectivity index (χ4v) is 2.91. The molecule has 7 heteroatoms. The van der Waals surface area contributed by atoms with Crippen LogP contribution < -0.4 is 0 Å². The highest BCUT2D eigenvalue weighted by atomic mass is 16.5. The van der Waals surface area contributed by atoms with E-state index >= 15 is 0 Å². The highest BCUT2D eigenvalue weighted by Gasteiger charge is 2.51. The van der Waals surface area contributed by atoms with Crippen molar-refractivity contribution in [3.63, 3.8) is 0 Å². The van der Waals surface area contributed by atoms with Gasteiger partial charge in [-0.1, -0.05) is 19.0 Å². The summed E-state index contributed by atoms with van der Waals surface area (Å²) in [5.74, 6) is 0.917. The standard InChI is InChI=1S/C15H23N3O4/c1-10(2)12-16-11(22-17-12)8-14(20)4-3-7-18(9-14)13(19)15(21)5-6-15/h10,20-21H,3-9H2,1-2H3. The van der Waals surface area contributed by atoms with Gasteiger partial charge in [0, 0.05) is 19.0 Å². The zero-order valence-corrected chi connectivity index (χ0v) is 13.1. The summed E-state index contributed by atoms with van der Waals surface area (Å²) >= 11 is 0. The Labute approximate surface area is 129 Å². The summed E-state index contributed by atoms with van der Waals surface area (Å²) < 4.78 is 5.20. The fourth-order valence-electron chi connectivity index (χ4n) is 2.91. The fraction of sp³-hybridized carbons (Fsp3) is 0.800. The van der Waals surface area contributed by atoms with E-state index in [1.165, 1.54) is 0 Å². The maximum absolute atomic E-state index is 12.2. The predicted molar refractivity (Wildman–Crippen MR) is 77.0 cm³/mol. The van der Waals surface area contributed by atoms with Crippen molar-refractivity contribution < 1.29 is 19.5 Å². The molecule has 0 spiro atoms. The van der Waals surface area contributed by atoms with Crippen molar-refractivity contribution >= 4 is 5.91 Å². The molecule has 7 nitrogen and oxygen atoms in total. The molecule has 122 valence electrons. The third-order valence-electron chi connectivity index (χ3n) is 4.44. The van der Waals surface area contributed by atoms with Crippen LogP contribution in [0, 0.1) is 0 Å². The molecule has 1 unspecified atom stereocenters. The maximum atomic E-state index is 12.2. The number of carbonyl (C=O) groups excluding carboxylic acids is 1. The molecule has 22 heavy (non-hydrogen) atoms. The molecule has 3 rings (SSSR count). The average molecular weight is 309 g/mol. The van der Waals surface area contributed by atoms with Crippen molar-refractivity contribution in [3.05, 3.63) is 11.7 Å². The number of rotatable bonds is 4. The molecule has 0 bridgehead atoms. The lowest BCUT2D eigenvalue weighted by atomic mass is 9.89. The number of likely N-dealkylation sites (tertiary alicyclic amines) is 1. The van der Waals surface area contributed by atoms with Crippen molar-refractivity contribution in [3.8, 4) is 0 Å². The van der Waals surface area contributed by atoms with Crippen molar-refractivity contribution in [2.24, 2.45) is 0 Å². The number of aliphatic hydroxyl groups is 2. The van der Waals surface area contributed by atoms with E-state index in [1.54, 1.807) is 4.90 Å². The SMILES string of the molecule is CC(C)c1noc(CC2(O)CCCN(C(=O)C3(O)CC3)C2)n1. The molecule has 0 radical (unpaired) electrons. The van der Waals surface area contributed by atoms with Gasteiger partial charge in [0.05, 0.1) is 12.0 Å². The van der Waals surface area contributed by atoms with E-state index in [9.17, 15) is 15.0 Å². The lowest BCUT2D eigenvalue weighted by Gasteiger charge is -2.39. The summed E-state index contributed by atoms with van der Waals surface area (Å²) in [7, 11) is 0. The van der Waals surface area contributed by atoms with E-state index in [0.29, 0.717) is 43.9 Å². The van der Waals surface area contributed by atoms with Crippen molar-refractivity contribution in [1.29, 1.82) is 0 Å². The Bertz CT molecular complexity index is 567. The third kappa shape index (κ3) is 3.01. The minimum absolute atomic E-state index is 0.167. The quantitative estimate of drug-likeness (QED) is 0.845. The molecule has 0 aromatic carbocycles. The van der Waals surface area contributed by atoms with Gasteiger partial charge in [-0.25, -0.2) is 0 Å². The van der Waals surface area contributed by atoms with Crippen LogP contribution in [0.4, 0.5) is 0 Å². The normalized spacial score (nSPS) is 27.2. The first kappa shape index (κ1) is 15.4. The van der Waals surface area contributed by atoms with Crippen LogP contribution >= 0.6 is 0 Å². The Morgan fingerprint density at radius 1 is 1.36 bits per heavy atom. The highest BCUT2D eigenvalue weighted by Crippen LogP contribution is 2.38. The molecule has 2 aliphatic rings. The van der Waals surface area contributed by atoms with Gasteiger partial charge in [0.1, 0.15) is 5.60 Å². The smallest absolute Gasteiger partial charge is 0.254 e. The summed E-state index contributed by atoms with van der Waals surface area (Å²) in [6, 6.07) is 0. The summed E-state index contributed by atoms with van der Waals surface area (Å²) in [5, 5.41) is 24.6. The van der Waals surface area contributed by atoms with Crippen LogP contribution in [0.25, 0.3) is 0 Å². The second kappa shape index (κ2) is 5.31.